The Morgan fingerprint density at radius 3 is 2.57 bits per heavy atom. The van der Waals surface area contributed by atoms with Gasteiger partial charge in [-0.15, -0.1) is 0 Å². The van der Waals surface area contributed by atoms with Gasteiger partial charge in [-0.1, -0.05) is 6.42 Å². The van der Waals surface area contributed by atoms with E-state index in [4.69, 9.17) is 0 Å². The minimum absolute atomic E-state index is 0.00612. The summed E-state index contributed by atoms with van der Waals surface area (Å²) < 4.78 is 27.6. The SMILES string of the molecule is C[C@@H]1CCCCN1S(=O)(=O)c1ccc2c(c1)C(C)(C)C(=O)N2C. The number of hydrogen-bond acceptors (Lipinski definition) is 3. The van der Waals surface area contributed by atoms with Crippen LogP contribution in [0.1, 0.15) is 45.6 Å². The van der Waals surface area contributed by atoms with Crippen molar-refractivity contribution in [3.05, 3.63) is 23.8 Å². The molecule has 3 rings (SSSR count). The Morgan fingerprint density at radius 2 is 1.91 bits per heavy atom. The van der Waals surface area contributed by atoms with Gasteiger partial charge in [0.1, 0.15) is 0 Å². The average molecular weight is 336 g/mol. The summed E-state index contributed by atoms with van der Waals surface area (Å²) in [6, 6.07) is 5.09. The molecule has 0 aliphatic carbocycles. The molecule has 0 spiro atoms. The fraction of sp³-hybridized carbons (Fsp3) is 0.588. The predicted octanol–water partition coefficient (Wildman–Crippen LogP) is 2.50. The molecule has 126 valence electrons. The van der Waals surface area contributed by atoms with Gasteiger partial charge in [-0.05, 0) is 57.4 Å². The maximum atomic E-state index is 13.0. The predicted molar refractivity (Wildman–Crippen MR) is 90.1 cm³/mol. The van der Waals surface area contributed by atoms with Crippen LogP contribution in [0.2, 0.25) is 0 Å². The number of anilines is 1. The van der Waals surface area contributed by atoms with Crippen LogP contribution in [-0.4, -0.2) is 38.3 Å². The summed E-state index contributed by atoms with van der Waals surface area (Å²) >= 11 is 0. The minimum Gasteiger partial charge on any atom is -0.314 e. The first-order valence-corrected chi connectivity index (χ1v) is 9.56. The molecule has 0 saturated carbocycles. The quantitative estimate of drug-likeness (QED) is 0.834. The number of carbonyl (C=O) groups is 1. The van der Waals surface area contributed by atoms with Crippen LogP contribution in [0.25, 0.3) is 0 Å². The van der Waals surface area contributed by atoms with Crippen molar-refractivity contribution in [3.8, 4) is 0 Å². The number of likely N-dealkylation sites (N-methyl/N-ethyl adjacent to an activating group) is 1. The van der Waals surface area contributed by atoms with E-state index >= 15 is 0 Å². The zero-order valence-electron chi connectivity index (χ0n) is 14.2. The van der Waals surface area contributed by atoms with Gasteiger partial charge in [0.05, 0.1) is 10.3 Å². The van der Waals surface area contributed by atoms with Crippen molar-refractivity contribution < 1.29 is 13.2 Å². The number of piperidine rings is 1. The highest BCUT2D eigenvalue weighted by Crippen LogP contribution is 2.42. The van der Waals surface area contributed by atoms with Crippen molar-refractivity contribution in [1.29, 1.82) is 0 Å². The Bertz CT molecular complexity index is 755. The van der Waals surface area contributed by atoms with Crippen molar-refractivity contribution in [3.63, 3.8) is 0 Å². The number of fused-ring (bicyclic) bond motifs is 1. The van der Waals surface area contributed by atoms with E-state index in [-0.39, 0.29) is 11.9 Å². The summed E-state index contributed by atoms with van der Waals surface area (Å²) in [7, 11) is -1.78. The third-order valence-electron chi connectivity index (χ3n) is 5.19. The van der Waals surface area contributed by atoms with E-state index in [2.05, 4.69) is 0 Å². The first kappa shape index (κ1) is 16.5. The minimum atomic E-state index is -3.51. The van der Waals surface area contributed by atoms with Gasteiger partial charge in [0.25, 0.3) is 0 Å². The lowest BCUT2D eigenvalue weighted by Gasteiger charge is -2.32. The van der Waals surface area contributed by atoms with E-state index in [1.807, 2.05) is 20.8 Å². The van der Waals surface area contributed by atoms with E-state index in [1.165, 1.54) is 0 Å². The number of carbonyl (C=O) groups excluding carboxylic acids is 1. The lowest BCUT2D eigenvalue weighted by Crippen LogP contribution is -2.42. The lowest BCUT2D eigenvalue weighted by atomic mass is 9.86. The summed E-state index contributed by atoms with van der Waals surface area (Å²) in [5, 5.41) is 0. The van der Waals surface area contributed by atoms with Gasteiger partial charge in [0.2, 0.25) is 15.9 Å². The molecule has 0 radical (unpaired) electrons. The average Bonchev–Trinajstić information content (AvgIpc) is 2.68. The summed E-state index contributed by atoms with van der Waals surface area (Å²) in [6.07, 6.45) is 2.88. The highest BCUT2D eigenvalue weighted by Gasteiger charge is 2.43. The van der Waals surface area contributed by atoms with Crippen molar-refractivity contribution in [1.82, 2.24) is 4.31 Å². The maximum Gasteiger partial charge on any atom is 0.243 e. The molecule has 1 saturated heterocycles. The molecule has 1 atom stereocenters. The first-order valence-electron chi connectivity index (χ1n) is 8.12. The molecule has 0 bridgehead atoms. The second kappa shape index (κ2) is 5.31. The Labute approximate surface area is 138 Å². The highest BCUT2D eigenvalue weighted by atomic mass is 32.2. The topological polar surface area (TPSA) is 57.7 Å². The fourth-order valence-electron chi connectivity index (χ4n) is 3.68. The standard InChI is InChI=1S/C17H24N2O3S/c1-12-7-5-6-10-19(12)23(21,22)13-8-9-15-14(11-13)17(2,3)16(20)18(15)4/h8-9,11-12H,5-7,10H2,1-4H3/t12-/m1/s1. The highest BCUT2D eigenvalue weighted by molar-refractivity contribution is 7.89. The van der Waals surface area contributed by atoms with Crippen LogP contribution in [0.5, 0.6) is 0 Å². The van der Waals surface area contributed by atoms with Gasteiger partial charge in [-0.2, -0.15) is 4.31 Å². The van der Waals surface area contributed by atoms with E-state index in [9.17, 15) is 13.2 Å². The Balaban J connectivity index is 2.06. The van der Waals surface area contributed by atoms with Crippen molar-refractivity contribution >= 4 is 21.6 Å². The molecule has 2 aliphatic rings. The largest absolute Gasteiger partial charge is 0.314 e. The summed E-state index contributed by atoms with van der Waals surface area (Å²) in [4.78, 5) is 14.3. The molecule has 0 N–H and O–H groups in total. The molecule has 2 aliphatic heterocycles. The van der Waals surface area contributed by atoms with E-state index in [0.717, 1.165) is 30.5 Å². The molecule has 0 aromatic heterocycles. The Morgan fingerprint density at radius 1 is 1.22 bits per heavy atom. The molecule has 1 aromatic rings. The maximum absolute atomic E-state index is 13.0. The molecule has 0 unspecified atom stereocenters. The van der Waals surface area contributed by atoms with Gasteiger partial charge in [0, 0.05) is 25.3 Å². The number of hydrogen-bond donors (Lipinski definition) is 0. The van der Waals surface area contributed by atoms with Gasteiger partial charge in [-0.25, -0.2) is 8.42 Å². The van der Waals surface area contributed by atoms with Gasteiger partial charge >= 0.3 is 0 Å². The van der Waals surface area contributed by atoms with E-state index in [1.54, 1.807) is 34.5 Å². The zero-order chi connectivity index (χ0) is 17.0. The number of rotatable bonds is 2. The van der Waals surface area contributed by atoms with Crippen LogP contribution < -0.4 is 4.90 Å². The van der Waals surface area contributed by atoms with Crippen LogP contribution >= 0.6 is 0 Å². The molecular weight excluding hydrogens is 312 g/mol. The summed E-state index contributed by atoms with van der Waals surface area (Å²) in [6.45, 7) is 6.23. The lowest BCUT2D eigenvalue weighted by molar-refractivity contribution is -0.121. The summed E-state index contributed by atoms with van der Waals surface area (Å²) in [5.41, 5.74) is 0.893. The van der Waals surface area contributed by atoms with Crippen LogP contribution in [0.15, 0.2) is 23.1 Å². The fourth-order valence-corrected chi connectivity index (χ4v) is 5.40. The first-order chi connectivity index (χ1) is 10.7. The third-order valence-corrected chi connectivity index (χ3v) is 7.20. The molecule has 6 heteroatoms. The normalized spacial score (nSPS) is 24.8. The number of sulfonamides is 1. The number of amides is 1. The summed E-state index contributed by atoms with van der Waals surface area (Å²) in [5.74, 6) is -0.00612. The number of benzene rings is 1. The van der Waals surface area contributed by atoms with Crippen molar-refractivity contribution in [2.75, 3.05) is 18.5 Å². The molecule has 1 fully saturated rings. The molecule has 1 amide bonds. The third kappa shape index (κ3) is 2.39. The van der Waals surface area contributed by atoms with Gasteiger partial charge < -0.3 is 4.90 Å². The zero-order valence-corrected chi connectivity index (χ0v) is 15.0. The van der Waals surface area contributed by atoms with Crippen LogP contribution in [0, 0.1) is 0 Å². The molecule has 5 nitrogen and oxygen atoms in total. The molecule has 2 heterocycles. The number of nitrogens with zero attached hydrogens (tertiary/aromatic N) is 2. The monoisotopic (exact) mass is 336 g/mol. The second-order valence-electron chi connectivity index (χ2n) is 7.13. The van der Waals surface area contributed by atoms with Crippen LogP contribution in [-0.2, 0) is 20.2 Å². The van der Waals surface area contributed by atoms with Crippen LogP contribution in [0.3, 0.4) is 0 Å². The van der Waals surface area contributed by atoms with Gasteiger partial charge in [0.15, 0.2) is 0 Å². The van der Waals surface area contributed by atoms with Crippen molar-refractivity contribution in [2.24, 2.45) is 0 Å². The van der Waals surface area contributed by atoms with Crippen molar-refractivity contribution in [2.45, 2.75) is 56.4 Å². The van der Waals surface area contributed by atoms with E-state index < -0.39 is 15.4 Å². The second-order valence-corrected chi connectivity index (χ2v) is 9.02. The Kier molecular flexibility index (Phi) is 3.80. The molecular formula is C17H24N2O3S. The van der Waals surface area contributed by atoms with Gasteiger partial charge in [-0.3, -0.25) is 4.79 Å². The van der Waals surface area contributed by atoms with E-state index in [0.29, 0.717) is 11.4 Å². The van der Waals surface area contributed by atoms with Crippen LogP contribution in [0.4, 0.5) is 5.69 Å². The molecule has 1 aromatic carbocycles. The smallest absolute Gasteiger partial charge is 0.243 e. The molecule has 23 heavy (non-hydrogen) atoms. The Hall–Kier alpha value is -1.40.